The summed E-state index contributed by atoms with van der Waals surface area (Å²) < 4.78 is 11.6. The van der Waals surface area contributed by atoms with Crippen molar-refractivity contribution < 1.29 is 9.47 Å². The van der Waals surface area contributed by atoms with E-state index in [0.29, 0.717) is 18.4 Å². The molecule has 2 heterocycles. The Kier molecular flexibility index (Phi) is 3.97. The number of hydrogen-bond donors (Lipinski definition) is 1. The van der Waals surface area contributed by atoms with Crippen LogP contribution >= 0.6 is 0 Å². The van der Waals surface area contributed by atoms with E-state index in [1.54, 1.807) is 0 Å². The Labute approximate surface area is 118 Å². The molecule has 1 atom stereocenters. The van der Waals surface area contributed by atoms with Gasteiger partial charge in [-0.2, -0.15) is 0 Å². The summed E-state index contributed by atoms with van der Waals surface area (Å²) >= 11 is 0. The van der Waals surface area contributed by atoms with Crippen molar-refractivity contribution in [3.8, 4) is 11.8 Å². The molecule has 5 nitrogen and oxygen atoms in total. The summed E-state index contributed by atoms with van der Waals surface area (Å²) in [6.07, 6.45) is 2.29. The van der Waals surface area contributed by atoms with Gasteiger partial charge < -0.3 is 14.8 Å². The molecule has 5 heteroatoms. The summed E-state index contributed by atoms with van der Waals surface area (Å²) in [4.78, 5) is 9.05. The van der Waals surface area contributed by atoms with E-state index in [1.807, 2.05) is 31.2 Å². The second kappa shape index (κ2) is 6.05. The predicted octanol–water partition coefficient (Wildman–Crippen LogP) is 2.16. The van der Waals surface area contributed by atoms with Crippen LogP contribution in [0.15, 0.2) is 24.3 Å². The van der Waals surface area contributed by atoms with Crippen LogP contribution in [0.3, 0.4) is 0 Å². The molecule has 1 aromatic carbocycles. The zero-order valence-electron chi connectivity index (χ0n) is 11.6. The molecule has 1 unspecified atom stereocenters. The molecule has 1 saturated heterocycles. The van der Waals surface area contributed by atoms with Gasteiger partial charge in [0.2, 0.25) is 0 Å². The van der Waals surface area contributed by atoms with E-state index in [0.717, 1.165) is 37.0 Å². The van der Waals surface area contributed by atoms with Crippen molar-refractivity contribution in [2.75, 3.05) is 19.7 Å². The van der Waals surface area contributed by atoms with E-state index < -0.39 is 0 Å². The van der Waals surface area contributed by atoms with E-state index in [2.05, 4.69) is 15.3 Å². The van der Waals surface area contributed by atoms with Crippen LogP contribution < -0.4 is 14.8 Å². The zero-order valence-corrected chi connectivity index (χ0v) is 11.6. The third kappa shape index (κ3) is 2.82. The molecule has 1 aliphatic heterocycles. The first-order valence-corrected chi connectivity index (χ1v) is 7.14. The molecule has 1 aliphatic rings. The van der Waals surface area contributed by atoms with Gasteiger partial charge in [0, 0.05) is 6.54 Å². The highest BCUT2D eigenvalue weighted by molar-refractivity contribution is 5.75. The molecular formula is C15H19N3O2. The highest BCUT2D eigenvalue weighted by Gasteiger charge is 2.19. The fourth-order valence-corrected chi connectivity index (χ4v) is 2.35. The van der Waals surface area contributed by atoms with Gasteiger partial charge in [-0.1, -0.05) is 12.1 Å². The average molecular weight is 273 g/mol. The number of aromatic nitrogens is 2. The fraction of sp³-hybridized carbons (Fsp3) is 0.467. The fourth-order valence-electron chi connectivity index (χ4n) is 2.35. The van der Waals surface area contributed by atoms with Crippen LogP contribution in [-0.4, -0.2) is 35.8 Å². The van der Waals surface area contributed by atoms with Crippen LogP contribution in [0.4, 0.5) is 0 Å². The molecule has 0 amide bonds. The molecule has 0 saturated carbocycles. The number of rotatable bonds is 4. The van der Waals surface area contributed by atoms with Crippen LogP contribution in [0.1, 0.15) is 19.8 Å². The summed E-state index contributed by atoms with van der Waals surface area (Å²) in [5.41, 5.74) is 1.65. The van der Waals surface area contributed by atoms with Crippen molar-refractivity contribution in [2.24, 2.45) is 0 Å². The summed E-state index contributed by atoms with van der Waals surface area (Å²) in [5, 5.41) is 3.33. The summed E-state index contributed by atoms with van der Waals surface area (Å²) in [5.74, 6) is 0.982. The number of piperidine rings is 1. The Morgan fingerprint density at radius 1 is 1.20 bits per heavy atom. The minimum Gasteiger partial charge on any atom is -0.474 e. The van der Waals surface area contributed by atoms with Crippen LogP contribution in [0.5, 0.6) is 11.8 Å². The third-order valence-corrected chi connectivity index (χ3v) is 3.32. The normalized spacial score (nSPS) is 18.9. The molecule has 1 aromatic heterocycles. The number of nitrogens with one attached hydrogen (secondary N) is 1. The molecule has 20 heavy (non-hydrogen) atoms. The van der Waals surface area contributed by atoms with E-state index in [9.17, 15) is 0 Å². The Bertz CT molecular complexity index is 582. The summed E-state index contributed by atoms with van der Waals surface area (Å²) in [6, 6.07) is 7.75. The highest BCUT2D eigenvalue weighted by atomic mass is 16.5. The smallest absolute Gasteiger partial charge is 0.279 e. The number of nitrogens with zero attached hydrogens (tertiary/aromatic N) is 2. The van der Waals surface area contributed by atoms with E-state index >= 15 is 0 Å². The molecule has 0 aliphatic carbocycles. The first kappa shape index (κ1) is 13.1. The maximum absolute atomic E-state index is 5.99. The van der Waals surface area contributed by atoms with Gasteiger partial charge in [-0.05, 0) is 38.4 Å². The minimum absolute atomic E-state index is 0.137. The van der Waals surface area contributed by atoms with Crippen LogP contribution in [0.2, 0.25) is 0 Å². The molecule has 0 bridgehead atoms. The monoisotopic (exact) mass is 273 g/mol. The van der Waals surface area contributed by atoms with Gasteiger partial charge in [-0.15, -0.1) is 0 Å². The lowest BCUT2D eigenvalue weighted by atomic mass is 10.1. The predicted molar refractivity (Wildman–Crippen MR) is 77.2 cm³/mol. The van der Waals surface area contributed by atoms with Crippen molar-refractivity contribution in [3.63, 3.8) is 0 Å². The van der Waals surface area contributed by atoms with Crippen molar-refractivity contribution in [2.45, 2.75) is 25.9 Å². The molecule has 3 rings (SSSR count). The molecule has 2 aromatic rings. The lowest BCUT2D eigenvalue weighted by Gasteiger charge is -2.24. The Morgan fingerprint density at radius 2 is 1.95 bits per heavy atom. The molecule has 106 valence electrons. The Balaban J connectivity index is 1.91. The van der Waals surface area contributed by atoms with Gasteiger partial charge in [0.15, 0.2) is 0 Å². The molecule has 1 fully saturated rings. The number of ether oxygens (including phenoxy) is 2. The van der Waals surface area contributed by atoms with Crippen LogP contribution in [0, 0.1) is 0 Å². The number of para-hydroxylation sites is 2. The van der Waals surface area contributed by atoms with Gasteiger partial charge in [0.25, 0.3) is 11.8 Å². The topological polar surface area (TPSA) is 56.3 Å². The average Bonchev–Trinajstić information content (AvgIpc) is 2.49. The first-order chi connectivity index (χ1) is 9.86. The van der Waals surface area contributed by atoms with Gasteiger partial charge in [-0.25, -0.2) is 9.97 Å². The number of hydrogen-bond acceptors (Lipinski definition) is 5. The van der Waals surface area contributed by atoms with Crippen LogP contribution in [0.25, 0.3) is 11.0 Å². The van der Waals surface area contributed by atoms with E-state index in [-0.39, 0.29) is 6.10 Å². The third-order valence-electron chi connectivity index (χ3n) is 3.32. The zero-order chi connectivity index (χ0) is 13.8. The van der Waals surface area contributed by atoms with Crippen molar-refractivity contribution >= 4 is 11.0 Å². The standard InChI is InChI=1S/C15H19N3O2/c1-2-19-14-15(20-11-6-5-9-16-10-11)18-13-8-4-3-7-12(13)17-14/h3-4,7-8,11,16H,2,5-6,9-10H2,1H3. The summed E-state index contributed by atoms with van der Waals surface area (Å²) in [7, 11) is 0. The molecule has 0 spiro atoms. The highest BCUT2D eigenvalue weighted by Crippen LogP contribution is 2.27. The van der Waals surface area contributed by atoms with Crippen molar-refractivity contribution in [1.82, 2.24) is 15.3 Å². The second-order valence-electron chi connectivity index (χ2n) is 4.84. The van der Waals surface area contributed by atoms with Gasteiger partial charge in [-0.3, -0.25) is 0 Å². The van der Waals surface area contributed by atoms with E-state index in [4.69, 9.17) is 9.47 Å². The quantitative estimate of drug-likeness (QED) is 0.925. The largest absolute Gasteiger partial charge is 0.474 e. The first-order valence-electron chi connectivity index (χ1n) is 7.14. The van der Waals surface area contributed by atoms with Gasteiger partial charge in [0.1, 0.15) is 6.10 Å². The van der Waals surface area contributed by atoms with Crippen LogP contribution in [-0.2, 0) is 0 Å². The number of fused-ring (bicyclic) bond motifs is 1. The maximum Gasteiger partial charge on any atom is 0.279 e. The van der Waals surface area contributed by atoms with Gasteiger partial charge >= 0.3 is 0 Å². The molecular weight excluding hydrogens is 254 g/mol. The van der Waals surface area contributed by atoms with Crippen molar-refractivity contribution in [1.29, 1.82) is 0 Å². The molecule has 0 radical (unpaired) electrons. The molecule has 1 N–H and O–H groups in total. The Morgan fingerprint density at radius 3 is 2.60 bits per heavy atom. The number of benzene rings is 1. The maximum atomic E-state index is 5.99. The van der Waals surface area contributed by atoms with E-state index in [1.165, 1.54) is 0 Å². The Hall–Kier alpha value is -1.88. The minimum atomic E-state index is 0.137. The SMILES string of the molecule is CCOc1nc2ccccc2nc1OC1CCCNC1. The second-order valence-corrected chi connectivity index (χ2v) is 4.84. The van der Waals surface area contributed by atoms with Crippen molar-refractivity contribution in [3.05, 3.63) is 24.3 Å². The van der Waals surface area contributed by atoms with Gasteiger partial charge in [0.05, 0.1) is 17.6 Å². The summed E-state index contributed by atoms with van der Waals surface area (Å²) in [6.45, 7) is 4.39. The lowest BCUT2D eigenvalue weighted by molar-refractivity contribution is 0.151. The lowest BCUT2D eigenvalue weighted by Crippen LogP contribution is -2.37.